The van der Waals surface area contributed by atoms with Crippen LogP contribution in [0.15, 0.2) is 34.7 Å². The fraction of sp³-hybridized carbons (Fsp3) is 0.353. The highest BCUT2D eigenvalue weighted by Crippen LogP contribution is 2.32. The van der Waals surface area contributed by atoms with Gasteiger partial charge in [-0.25, -0.2) is 4.79 Å². The molecular weight excluding hydrogens is 348 g/mol. The molecule has 0 saturated heterocycles. The Kier molecular flexibility index (Phi) is 6.74. The van der Waals surface area contributed by atoms with Crippen LogP contribution in [0.1, 0.15) is 28.0 Å². The third-order valence-corrected chi connectivity index (χ3v) is 3.87. The van der Waals surface area contributed by atoms with Crippen LogP contribution in [0.3, 0.4) is 0 Å². The second-order valence-corrected chi connectivity index (χ2v) is 5.52. The average molecular weight is 368 g/mol. The van der Waals surface area contributed by atoms with Gasteiger partial charge in [-0.3, -0.25) is 0 Å². The van der Waals surface area contributed by atoms with Crippen LogP contribution in [-0.2, 0) is 11.3 Å². The zero-order chi connectivity index (χ0) is 18.4. The summed E-state index contributed by atoms with van der Waals surface area (Å²) in [7, 11) is 2.74. The first-order valence-electron chi connectivity index (χ1n) is 7.45. The zero-order valence-electron chi connectivity index (χ0n) is 13.8. The number of ether oxygens (including phenoxy) is 3. The Morgan fingerprint density at radius 2 is 1.96 bits per heavy atom. The van der Waals surface area contributed by atoms with Gasteiger partial charge in [-0.15, -0.1) is 0 Å². The summed E-state index contributed by atoms with van der Waals surface area (Å²) < 4.78 is 20.8. The molecule has 0 aliphatic rings. The number of aliphatic hydroxyl groups excluding tert-OH is 2. The van der Waals surface area contributed by atoms with Gasteiger partial charge in [0.2, 0.25) is 5.76 Å². The number of esters is 1. The minimum absolute atomic E-state index is 0.0779. The van der Waals surface area contributed by atoms with Crippen molar-refractivity contribution in [2.24, 2.45) is 0 Å². The maximum absolute atomic E-state index is 11.4. The summed E-state index contributed by atoms with van der Waals surface area (Å²) in [4.78, 5) is 11.4. The lowest BCUT2D eigenvalue weighted by Crippen LogP contribution is -2.19. The molecule has 0 saturated carbocycles. The molecule has 2 aromatic rings. The van der Waals surface area contributed by atoms with E-state index < -0.39 is 18.2 Å². The predicted molar refractivity (Wildman–Crippen MR) is 92.2 cm³/mol. The number of hydrogen-bond donors (Lipinski definition) is 3. The predicted octanol–water partition coefficient (Wildman–Crippen LogP) is 1.98. The summed E-state index contributed by atoms with van der Waals surface area (Å²) in [6.45, 7) is 0.0779. The van der Waals surface area contributed by atoms with E-state index >= 15 is 0 Å². The standard InChI is InChI=1S/C17H20O7S/c1-21-15-7-10(16(19)12(18)9-25)3-5-13(15)23-8-11-4-6-14(24-11)17(20)22-2/h3-7,12,16,18-19,25H,8-9H2,1-2H3. The van der Waals surface area contributed by atoms with E-state index in [1.165, 1.54) is 20.3 Å². The Morgan fingerprint density at radius 1 is 1.20 bits per heavy atom. The molecule has 7 nitrogen and oxygen atoms in total. The van der Waals surface area contributed by atoms with Gasteiger partial charge in [-0.2, -0.15) is 12.6 Å². The number of thiol groups is 1. The molecule has 2 rings (SSSR count). The molecule has 0 spiro atoms. The van der Waals surface area contributed by atoms with Crippen molar-refractivity contribution in [3.05, 3.63) is 47.4 Å². The van der Waals surface area contributed by atoms with Crippen LogP contribution in [0, 0.1) is 0 Å². The van der Waals surface area contributed by atoms with Crippen molar-refractivity contribution in [1.82, 2.24) is 0 Å². The summed E-state index contributed by atoms with van der Waals surface area (Å²) in [6.07, 6.45) is -2.06. The number of hydrogen-bond acceptors (Lipinski definition) is 8. The second kappa shape index (κ2) is 8.80. The van der Waals surface area contributed by atoms with Crippen LogP contribution < -0.4 is 9.47 Å². The Labute approximate surface area is 150 Å². The van der Waals surface area contributed by atoms with Crippen molar-refractivity contribution in [3.8, 4) is 11.5 Å². The molecule has 2 unspecified atom stereocenters. The molecule has 0 amide bonds. The highest BCUT2D eigenvalue weighted by atomic mass is 32.1. The number of benzene rings is 1. The Bertz CT molecular complexity index is 713. The summed E-state index contributed by atoms with van der Waals surface area (Å²) >= 11 is 3.96. The monoisotopic (exact) mass is 368 g/mol. The lowest BCUT2D eigenvalue weighted by atomic mass is 10.0. The van der Waals surface area contributed by atoms with E-state index in [-0.39, 0.29) is 18.1 Å². The molecule has 0 fully saturated rings. The van der Waals surface area contributed by atoms with Crippen LogP contribution in [-0.4, -0.2) is 42.3 Å². The third-order valence-electron chi connectivity index (χ3n) is 3.50. The van der Waals surface area contributed by atoms with Gasteiger partial charge in [-0.05, 0) is 29.8 Å². The van der Waals surface area contributed by atoms with E-state index in [1.807, 2.05) is 0 Å². The summed E-state index contributed by atoms with van der Waals surface area (Å²) in [5.41, 5.74) is 0.483. The van der Waals surface area contributed by atoms with Crippen LogP contribution in [0.5, 0.6) is 11.5 Å². The van der Waals surface area contributed by atoms with Crippen molar-refractivity contribution in [2.75, 3.05) is 20.0 Å². The molecular formula is C17H20O7S. The molecule has 2 atom stereocenters. The van der Waals surface area contributed by atoms with Gasteiger partial charge >= 0.3 is 5.97 Å². The molecule has 25 heavy (non-hydrogen) atoms. The van der Waals surface area contributed by atoms with Crippen molar-refractivity contribution in [3.63, 3.8) is 0 Å². The maximum atomic E-state index is 11.4. The number of aliphatic hydroxyl groups is 2. The summed E-state index contributed by atoms with van der Waals surface area (Å²) in [6, 6.07) is 7.93. The highest BCUT2D eigenvalue weighted by Gasteiger charge is 2.19. The molecule has 1 aromatic heterocycles. The molecule has 0 radical (unpaired) electrons. The van der Waals surface area contributed by atoms with Gasteiger partial charge in [0.15, 0.2) is 11.5 Å². The van der Waals surface area contributed by atoms with Crippen molar-refractivity contribution >= 4 is 18.6 Å². The molecule has 1 aromatic carbocycles. The third kappa shape index (κ3) is 4.68. The van der Waals surface area contributed by atoms with Gasteiger partial charge in [0.25, 0.3) is 0 Å². The number of rotatable bonds is 8. The Hall–Kier alpha value is -2.16. The normalized spacial score (nSPS) is 13.2. The smallest absolute Gasteiger partial charge is 0.373 e. The SMILES string of the molecule is COC(=O)c1ccc(COc2ccc(C(O)C(O)CS)cc2OC)o1. The largest absolute Gasteiger partial charge is 0.493 e. The van der Waals surface area contributed by atoms with Gasteiger partial charge in [0, 0.05) is 5.75 Å². The van der Waals surface area contributed by atoms with E-state index in [1.54, 1.807) is 24.3 Å². The number of methoxy groups -OCH3 is 2. The van der Waals surface area contributed by atoms with Crippen molar-refractivity contribution in [2.45, 2.75) is 18.8 Å². The first kappa shape index (κ1) is 19.2. The van der Waals surface area contributed by atoms with Crippen LogP contribution in [0.2, 0.25) is 0 Å². The fourth-order valence-corrected chi connectivity index (χ4v) is 2.32. The summed E-state index contributed by atoms with van der Waals surface area (Å²) in [5, 5.41) is 19.7. The van der Waals surface area contributed by atoms with Crippen LogP contribution in [0.25, 0.3) is 0 Å². The Morgan fingerprint density at radius 3 is 2.60 bits per heavy atom. The zero-order valence-corrected chi connectivity index (χ0v) is 14.7. The first-order chi connectivity index (χ1) is 12.0. The molecule has 0 aliphatic heterocycles. The van der Waals surface area contributed by atoms with E-state index in [2.05, 4.69) is 17.4 Å². The number of furan rings is 1. The van der Waals surface area contributed by atoms with Crippen LogP contribution in [0.4, 0.5) is 0 Å². The van der Waals surface area contributed by atoms with Crippen molar-refractivity contribution < 1.29 is 33.6 Å². The second-order valence-electron chi connectivity index (χ2n) is 5.15. The minimum atomic E-state index is -1.08. The first-order valence-corrected chi connectivity index (χ1v) is 8.08. The summed E-state index contributed by atoms with van der Waals surface area (Å²) in [5.74, 6) is 0.912. The molecule has 8 heteroatoms. The quantitative estimate of drug-likeness (QED) is 0.484. The van der Waals surface area contributed by atoms with E-state index in [4.69, 9.17) is 13.9 Å². The van der Waals surface area contributed by atoms with Gasteiger partial charge < -0.3 is 28.8 Å². The topological polar surface area (TPSA) is 98.4 Å². The number of carbonyl (C=O) groups is 1. The van der Waals surface area contributed by atoms with Gasteiger partial charge in [0.05, 0.1) is 20.3 Å². The average Bonchev–Trinajstić information content (AvgIpc) is 3.13. The molecule has 2 N–H and O–H groups in total. The minimum Gasteiger partial charge on any atom is -0.493 e. The van der Waals surface area contributed by atoms with Gasteiger partial charge in [-0.1, -0.05) is 6.07 Å². The van der Waals surface area contributed by atoms with Gasteiger partial charge in [0.1, 0.15) is 18.5 Å². The molecule has 0 aliphatic carbocycles. The molecule has 1 heterocycles. The lowest BCUT2D eigenvalue weighted by molar-refractivity contribution is 0.0336. The van der Waals surface area contributed by atoms with Crippen molar-refractivity contribution in [1.29, 1.82) is 0 Å². The molecule has 136 valence electrons. The lowest BCUT2D eigenvalue weighted by Gasteiger charge is -2.18. The van der Waals surface area contributed by atoms with E-state index in [0.29, 0.717) is 22.8 Å². The number of carbonyl (C=O) groups excluding carboxylic acids is 1. The van der Waals surface area contributed by atoms with E-state index in [9.17, 15) is 15.0 Å². The highest BCUT2D eigenvalue weighted by molar-refractivity contribution is 7.80. The fourth-order valence-electron chi connectivity index (χ4n) is 2.12. The molecule has 0 bridgehead atoms. The van der Waals surface area contributed by atoms with E-state index in [0.717, 1.165) is 0 Å². The van der Waals surface area contributed by atoms with Crippen LogP contribution >= 0.6 is 12.6 Å². The maximum Gasteiger partial charge on any atom is 0.373 e. The Balaban J connectivity index is 2.09.